The molecule has 1 aliphatic carbocycles. The number of carbonyl (C=O) groups is 1. The van der Waals surface area contributed by atoms with Crippen molar-refractivity contribution in [2.45, 2.75) is 38.6 Å². The Hall–Kier alpha value is 0.646. The number of rotatable bonds is 3. The SMILES string of the molecule is CC1CCC(N/C=C(\[NH-])C=O)CC1.[K+]. The van der Waals surface area contributed by atoms with Crippen LogP contribution in [0.15, 0.2) is 11.9 Å². The third-order valence-corrected chi connectivity index (χ3v) is 2.62. The Labute approximate surface area is 128 Å². The number of aldehydes is 1. The molecule has 1 aliphatic rings. The quantitative estimate of drug-likeness (QED) is 0.387. The van der Waals surface area contributed by atoms with Gasteiger partial charge < -0.3 is 11.1 Å². The summed E-state index contributed by atoms with van der Waals surface area (Å²) in [6, 6.07) is 0.469. The van der Waals surface area contributed by atoms with E-state index in [1.165, 1.54) is 19.0 Å². The summed E-state index contributed by atoms with van der Waals surface area (Å²) in [5, 5.41) is 3.11. The van der Waals surface area contributed by atoms with Gasteiger partial charge in [0, 0.05) is 6.04 Å². The monoisotopic (exact) mass is 220 g/mol. The summed E-state index contributed by atoms with van der Waals surface area (Å²) in [5.41, 5.74) is 7.14. The van der Waals surface area contributed by atoms with Gasteiger partial charge in [0.15, 0.2) is 0 Å². The molecular formula is C10H17KN2O. The first kappa shape index (κ1) is 14.6. The molecule has 0 atom stereocenters. The van der Waals surface area contributed by atoms with Crippen LogP contribution < -0.4 is 56.7 Å². The number of nitrogens with one attached hydrogen (secondary N) is 2. The normalized spacial score (nSPS) is 27.6. The van der Waals surface area contributed by atoms with E-state index in [-0.39, 0.29) is 57.1 Å². The summed E-state index contributed by atoms with van der Waals surface area (Å²) in [6.45, 7) is 2.27. The zero-order valence-electron chi connectivity index (χ0n) is 9.05. The van der Waals surface area contributed by atoms with Crippen molar-refractivity contribution in [2.24, 2.45) is 5.92 Å². The van der Waals surface area contributed by atoms with Crippen molar-refractivity contribution in [3.63, 3.8) is 0 Å². The van der Waals surface area contributed by atoms with Gasteiger partial charge in [-0.15, -0.1) is 0 Å². The van der Waals surface area contributed by atoms with Crippen LogP contribution in [0.1, 0.15) is 32.6 Å². The van der Waals surface area contributed by atoms with E-state index in [2.05, 4.69) is 12.2 Å². The minimum Gasteiger partial charge on any atom is -0.695 e. The Morgan fingerprint density at radius 3 is 2.43 bits per heavy atom. The summed E-state index contributed by atoms with van der Waals surface area (Å²) in [7, 11) is 0. The molecule has 0 saturated heterocycles. The van der Waals surface area contributed by atoms with Gasteiger partial charge in [0.2, 0.25) is 0 Å². The second-order valence-corrected chi connectivity index (χ2v) is 3.84. The van der Waals surface area contributed by atoms with E-state index in [1.807, 2.05) is 0 Å². The van der Waals surface area contributed by atoms with Gasteiger partial charge in [0.25, 0.3) is 0 Å². The maximum absolute atomic E-state index is 10.1. The third kappa shape index (κ3) is 5.51. The molecular weight excluding hydrogens is 203 g/mol. The van der Waals surface area contributed by atoms with Crippen molar-refractivity contribution >= 4 is 6.29 Å². The molecule has 2 N–H and O–H groups in total. The first-order chi connectivity index (χ1) is 6.22. The van der Waals surface area contributed by atoms with Crippen molar-refractivity contribution in [1.29, 1.82) is 0 Å². The number of allylic oxidation sites excluding steroid dienone is 1. The van der Waals surface area contributed by atoms with Gasteiger partial charge in [0.1, 0.15) is 6.29 Å². The maximum atomic E-state index is 10.1. The Kier molecular flexibility index (Phi) is 8.24. The van der Waals surface area contributed by atoms with Crippen LogP contribution in [0.4, 0.5) is 0 Å². The van der Waals surface area contributed by atoms with Gasteiger partial charge >= 0.3 is 51.4 Å². The minimum atomic E-state index is 0. The molecule has 0 aromatic rings. The standard InChI is InChI=1S/C10H17N2O.K/c1-8-2-4-10(5-3-8)12-6-9(11)7-13;/h6-8,10-11H,2-5H2,1H3,(H,12,13);/q-1;+1. The molecule has 1 rings (SSSR count). The fourth-order valence-electron chi connectivity index (χ4n) is 1.67. The van der Waals surface area contributed by atoms with Crippen LogP contribution in [0.25, 0.3) is 5.73 Å². The molecule has 0 aliphatic heterocycles. The topological polar surface area (TPSA) is 52.9 Å². The molecule has 0 amide bonds. The van der Waals surface area contributed by atoms with Gasteiger partial charge in [-0.1, -0.05) is 12.6 Å². The van der Waals surface area contributed by atoms with E-state index < -0.39 is 0 Å². The van der Waals surface area contributed by atoms with Crippen LogP contribution in [-0.4, -0.2) is 12.3 Å². The van der Waals surface area contributed by atoms with Crippen LogP contribution in [0, 0.1) is 5.92 Å². The molecule has 0 radical (unpaired) electrons. The van der Waals surface area contributed by atoms with Crippen molar-refractivity contribution in [2.75, 3.05) is 0 Å². The molecule has 0 heterocycles. The number of carbonyl (C=O) groups excluding carboxylic acids is 1. The zero-order chi connectivity index (χ0) is 9.68. The molecule has 0 bridgehead atoms. The van der Waals surface area contributed by atoms with Crippen LogP contribution in [-0.2, 0) is 4.79 Å². The van der Waals surface area contributed by atoms with Crippen molar-refractivity contribution in [3.8, 4) is 0 Å². The second kappa shape index (κ2) is 7.88. The summed E-state index contributed by atoms with van der Waals surface area (Å²) in [5.74, 6) is 0.837. The molecule has 3 nitrogen and oxygen atoms in total. The van der Waals surface area contributed by atoms with Gasteiger partial charge in [-0.3, -0.25) is 4.79 Å². The van der Waals surface area contributed by atoms with E-state index in [1.54, 1.807) is 0 Å². The van der Waals surface area contributed by atoms with E-state index in [4.69, 9.17) is 5.73 Å². The van der Waals surface area contributed by atoms with Gasteiger partial charge in [-0.2, -0.15) is 0 Å². The number of hydrogen-bond donors (Lipinski definition) is 1. The minimum absolute atomic E-state index is 0. The van der Waals surface area contributed by atoms with Gasteiger partial charge in [-0.05, 0) is 37.8 Å². The summed E-state index contributed by atoms with van der Waals surface area (Å²) >= 11 is 0. The average Bonchev–Trinajstić information content (AvgIpc) is 2.16. The zero-order valence-corrected chi connectivity index (χ0v) is 12.2. The van der Waals surface area contributed by atoms with Crippen molar-refractivity contribution < 1.29 is 56.2 Å². The van der Waals surface area contributed by atoms with Crippen LogP contribution in [0.5, 0.6) is 0 Å². The average molecular weight is 220 g/mol. The summed E-state index contributed by atoms with van der Waals surface area (Å²) < 4.78 is 0. The van der Waals surface area contributed by atoms with Crippen molar-refractivity contribution in [3.05, 3.63) is 17.6 Å². The predicted octanol–water partition coefficient (Wildman–Crippen LogP) is -0.749. The first-order valence-corrected chi connectivity index (χ1v) is 4.85. The smallest absolute Gasteiger partial charge is 0.695 e. The molecule has 4 heteroatoms. The second-order valence-electron chi connectivity index (χ2n) is 3.84. The van der Waals surface area contributed by atoms with Gasteiger partial charge in [0.05, 0.1) is 0 Å². The van der Waals surface area contributed by atoms with E-state index in [0.29, 0.717) is 12.3 Å². The summed E-state index contributed by atoms with van der Waals surface area (Å²) in [6.07, 6.45) is 6.87. The Morgan fingerprint density at radius 1 is 1.36 bits per heavy atom. The molecule has 0 aromatic carbocycles. The third-order valence-electron chi connectivity index (χ3n) is 2.62. The molecule has 0 aromatic heterocycles. The fraction of sp³-hybridized carbons (Fsp3) is 0.700. The Morgan fingerprint density at radius 2 is 1.93 bits per heavy atom. The van der Waals surface area contributed by atoms with Crippen LogP contribution in [0.2, 0.25) is 0 Å². The molecule has 0 spiro atoms. The predicted molar refractivity (Wildman–Crippen MR) is 53.0 cm³/mol. The van der Waals surface area contributed by atoms with E-state index in [0.717, 1.165) is 18.8 Å². The molecule has 74 valence electrons. The van der Waals surface area contributed by atoms with Crippen molar-refractivity contribution in [1.82, 2.24) is 5.32 Å². The molecule has 1 saturated carbocycles. The maximum Gasteiger partial charge on any atom is 1.00 e. The number of hydrogen-bond acceptors (Lipinski definition) is 2. The fourth-order valence-corrected chi connectivity index (χ4v) is 1.67. The largest absolute Gasteiger partial charge is 1.00 e. The molecule has 14 heavy (non-hydrogen) atoms. The molecule has 0 unspecified atom stereocenters. The van der Waals surface area contributed by atoms with Gasteiger partial charge in [-0.25, -0.2) is 0 Å². The summed E-state index contributed by atoms with van der Waals surface area (Å²) in [4.78, 5) is 10.1. The Bertz CT molecular complexity index is 198. The van der Waals surface area contributed by atoms with E-state index in [9.17, 15) is 4.79 Å². The first-order valence-electron chi connectivity index (χ1n) is 4.85. The van der Waals surface area contributed by atoms with Crippen LogP contribution in [0.3, 0.4) is 0 Å². The molecule has 1 fully saturated rings. The Balaban J connectivity index is 0.00000169. The van der Waals surface area contributed by atoms with E-state index >= 15 is 0 Å². The van der Waals surface area contributed by atoms with Crippen LogP contribution >= 0.6 is 0 Å².